The minimum atomic E-state index is -3.88. The van der Waals surface area contributed by atoms with Crippen molar-refractivity contribution in [3.05, 3.63) is 48.0 Å². The van der Waals surface area contributed by atoms with E-state index in [0.29, 0.717) is 18.7 Å². The predicted octanol–water partition coefficient (Wildman–Crippen LogP) is 1.38. The third-order valence-electron chi connectivity index (χ3n) is 5.67. The molecule has 0 unspecified atom stereocenters. The van der Waals surface area contributed by atoms with Crippen LogP contribution in [0.15, 0.2) is 41.8 Å². The van der Waals surface area contributed by atoms with Gasteiger partial charge in [-0.1, -0.05) is 18.8 Å². The number of hydrogen-bond donors (Lipinski definition) is 1. The fraction of sp³-hybridized carbons (Fsp3) is 0.500. The molecule has 3 atom stereocenters. The molecule has 3 rings (SSSR count). The molecule has 0 bridgehead atoms. The van der Waals surface area contributed by atoms with Gasteiger partial charge in [-0.3, -0.25) is 4.90 Å². The van der Waals surface area contributed by atoms with Crippen LogP contribution in [0, 0.1) is 17.8 Å². The summed E-state index contributed by atoms with van der Waals surface area (Å²) in [5, 5.41) is 9.77. The molecule has 0 aliphatic carbocycles. The quantitative estimate of drug-likeness (QED) is 0.583. The highest BCUT2D eigenvalue weighted by atomic mass is 32.2. The molecule has 0 radical (unpaired) electrons. The molecule has 184 valence electrons. The molecule has 1 aliphatic rings. The Morgan fingerprint density at radius 1 is 1.35 bits per heavy atom. The molecule has 0 amide bonds. The van der Waals surface area contributed by atoms with Gasteiger partial charge in [0.15, 0.2) is 0 Å². The summed E-state index contributed by atoms with van der Waals surface area (Å²) in [5.74, 6) is 5.97. The number of ether oxygens (including phenoxy) is 2. The molecule has 0 saturated heterocycles. The van der Waals surface area contributed by atoms with Crippen LogP contribution >= 0.6 is 0 Å². The van der Waals surface area contributed by atoms with E-state index in [2.05, 4.69) is 26.7 Å². The van der Waals surface area contributed by atoms with Crippen molar-refractivity contribution >= 4 is 10.0 Å². The highest BCUT2D eigenvalue weighted by molar-refractivity contribution is 7.89. The third kappa shape index (κ3) is 6.31. The minimum Gasteiger partial charge on any atom is -0.487 e. The lowest BCUT2D eigenvalue weighted by atomic mass is 10.0. The molecule has 0 saturated carbocycles. The number of aliphatic hydroxyl groups is 1. The molecule has 2 heterocycles. The molecular formula is C24H32N4O5S. The van der Waals surface area contributed by atoms with Gasteiger partial charge in [-0.25, -0.2) is 18.4 Å². The number of rotatable bonds is 7. The van der Waals surface area contributed by atoms with Gasteiger partial charge >= 0.3 is 0 Å². The van der Waals surface area contributed by atoms with Crippen LogP contribution in [-0.2, 0) is 21.3 Å². The number of benzene rings is 1. The molecule has 9 nitrogen and oxygen atoms in total. The maximum absolute atomic E-state index is 13.5. The number of aromatic nitrogens is 2. The summed E-state index contributed by atoms with van der Waals surface area (Å²) in [6.07, 6.45) is 4.72. The average molecular weight is 489 g/mol. The summed E-state index contributed by atoms with van der Waals surface area (Å²) in [6, 6.07) is 4.27. The Morgan fingerprint density at radius 3 is 2.76 bits per heavy atom. The van der Waals surface area contributed by atoms with Crippen molar-refractivity contribution in [3.8, 4) is 17.6 Å². The second-order valence-electron chi connectivity index (χ2n) is 8.58. The van der Waals surface area contributed by atoms with E-state index in [-0.39, 0.29) is 42.4 Å². The molecule has 1 aromatic heterocycles. The monoisotopic (exact) mass is 488 g/mol. The fourth-order valence-corrected chi connectivity index (χ4v) is 5.65. The molecule has 10 heteroatoms. The minimum absolute atomic E-state index is 0.0705. The van der Waals surface area contributed by atoms with Gasteiger partial charge in [0.1, 0.15) is 29.7 Å². The van der Waals surface area contributed by atoms with Crippen LogP contribution in [0.1, 0.15) is 25.0 Å². The zero-order valence-electron chi connectivity index (χ0n) is 20.0. The molecule has 0 spiro atoms. The van der Waals surface area contributed by atoms with E-state index < -0.39 is 16.1 Å². The molecule has 1 N–H and O–H groups in total. The largest absolute Gasteiger partial charge is 0.487 e. The average Bonchev–Trinajstić information content (AvgIpc) is 2.81. The number of fused-ring (bicyclic) bond motifs is 1. The Labute approximate surface area is 201 Å². The lowest BCUT2D eigenvalue weighted by Gasteiger charge is -2.37. The first-order chi connectivity index (χ1) is 16.3. The number of aliphatic hydroxyl groups excluding tert-OH is 1. The third-order valence-corrected chi connectivity index (χ3v) is 7.69. The lowest BCUT2D eigenvalue weighted by molar-refractivity contribution is 0.0733. The Balaban J connectivity index is 1.97. The maximum Gasteiger partial charge on any atom is 0.247 e. The van der Waals surface area contributed by atoms with Gasteiger partial charge in [-0.05, 0) is 32.2 Å². The summed E-state index contributed by atoms with van der Waals surface area (Å²) in [5.41, 5.74) is 1.60. The van der Waals surface area contributed by atoms with E-state index in [1.807, 2.05) is 14.0 Å². The highest BCUT2D eigenvalue weighted by Gasteiger charge is 2.38. The van der Waals surface area contributed by atoms with E-state index >= 15 is 0 Å². The summed E-state index contributed by atoms with van der Waals surface area (Å²) in [7, 11) is -0.350. The molecule has 0 fully saturated rings. The first-order valence-electron chi connectivity index (χ1n) is 11.1. The van der Waals surface area contributed by atoms with E-state index in [0.717, 1.165) is 5.56 Å². The summed E-state index contributed by atoms with van der Waals surface area (Å²) < 4.78 is 39.7. The number of nitrogens with zero attached hydrogens (tertiary/aromatic N) is 4. The smallest absolute Gasteiger partial charge is 0.247 e. The van der Waals surface area contributed by atoms with Crippen LogP contribution in [0.2, 0.25) is 0 Å². The van der Waals surface area contributed by atoms with Gasteiger partial charge in [0.05, 0.1) is 6.61 Å². The second-order valence-corrected chi connectivity index (χ2v) is 10.4. The van der Waals surface area contributed by atoms with Crippen molar-refractivity contribution in [3.63, 3.8) is 0 Å². The van der Waals surface area contributed by atoms with Crippen molar-refractivity contribution in [1.29, 1.82) is 0 Å². The van der Waals surface area contributed by atoms with E-state index in [1.54, 1.807) is 38.6 Å². The second kappa shape index (κ2) is 11.7. The van der Waals surface area contributed by atoms with Gasteiger partial charge in [0.2, 0.25) is 10.0 Å². The highest BCUT2D eigenvalue weighted by Crippen LogP contribution is 2.34. The summed E-state index contributed by atoms with van der Waals surface area (Å²) in [6.45, 7) is 5.06. The van der Waals surface area contributed by atoms with Crippen LogP contribution < -0.4 is 4.74 Å². The SMILES string of the molecule is COCC#Cc1ccc2c(c1)O[C@H](CN(C)Cc1cncnc1)[C@@H](C)CN([C@@H](C)CO)S2(=O)=O. The summed E-state index contributed by atoms with van der Waals surface area (Å²) >= 11 is 0. The van der Waals surface area contributed by atoms with E-state index in [9.17, 15) is 13.5 Å². The topological polar surface area (TPSA) is 105 Å². The molecular weight excluding hydrogens is 456 g/mol. The van der Waals surface area contributed by atoms with E-state index in [1.165, 1.54) is 16.7 Å². The number of hydrogen-bond acceptors (Lipinski definition) is 8. The van der Waals surface area contributed by atoms with Gasteiger partial charge in [0, 0.05) is 62.2 Å². The zero-order chi connectivity index (χ0) is 24.7. The Bertz CT molecular complexity index is 1120. The van der Waals surface area contributed by atoms with Crippen molar-refractivity contribution in [1.82, 2.24) is 19.2 Å². The number of methoxy groups -OCH3 is 1. The first kappa shape index (κ1) is 26.1. The Hall–Kier alpha value is -2.55. The normalized spacial score (nSPS) is 20.9. The first-order valence-corrected chi connectivity index (χ1v) is 12.5. The summed E-state index contributed by atoms with van der Waals surface area (Å²) in [4.78, 5) is 10.3. The van der Waals surface area contributed by atoms with Crippen molar-refractivity contribution < 1.29 is 23.0 Å². The van der Waals surface area contributed by atoms with Gasteiger partial charge in [-0.2, -0.15) is 4.31 Å². The maximum atomic E-state index is 13.5. The zero-order valence-corrected chi connectivity index (χ0v) is 20.8. The Kier molecular flexibility index (Phi) is 8.99. The van der Waals surface area contributed by atoms with Crippen LogP contribution in [-0.4, -0.2) is 85.3 Å². The van der Waals surface area contributed by atoms with Crippen molar-refractivity contribution in [2.75, 3.05) is 40.5 Å². The molecule has 2 aromatic rings. The number of likely N-dealkylation sites (N-methyl/N-ethyl adjacent to an activating group) is 1. The fourth-order valence-electron chi connectivity index (χ4n) is 3.83. The van der Waals surface area contributed by atoms with Crippen molar-refractivity contribution in [2.24, 2.45) is 5.92 Å². The predicted molar refractivity (Wildman–Crippen MR) is 128 cm³/mol. The van der Waals surface area contributed by atoms with Gasteiger partial charge in [-0.15, -0.1) is 0 Å². The molecule has 1 aromatic carbocycles. The van der Waals surface area contributed by atoms with Gasteiger partial charge in [0.25, 0.3) is 0 Å². The van der Waals surface area contributed by atoms with Crippen LogP contribution in [0.3, 0.4) is 0 Å². The Morgan fingerprint density at radius 2 is 2.09 bits per heavy atom. The van der Waals surface area contributed by atoms with Crippen LogP contribution in [0.4, 0.5) is 0 Å². The van der Waals surface area contributed by atoms with Crippen LogP contribution in [0.5, 0.6) is 5.75 Å². The lowest BCUT2D eigenvalue weighted by Crippen LogP contribution is -2.49. The van der Waals surface area contributed by atoms with Crippen molar-refractivity contribution in [2.45, 2.75) is 37.4 Å². The van der Waals surface area contributed by atoms with Crippen LogP contribution in [0.25, 0.3) is 0 Å². The van der Waals surface area contributed by atoms with E-state index in [4.69, 9.17) is 9.47 Å². The number of sulfonamides is 1. The molecule has 34 heavy (non-hydrogen) atoms. The molecule has 1 aliphatic heterocycles. The standard InChI is InChI=1S/C24H32N4O5S/c1-18-13-28(19(2)16-29)34(30,31)24-8-7-20(6-5-9-32-4)10-22(24)33-23(18)15-27(3)14-21-11-25-17-26-12-21/h7-8,10-12,17-19,23,29H,9,13-16H2,1-4H3/t18-,19-,23+/m0/s1. The van der Waals surface area contributed by atoms with Gasteiger partial charge < -0.3 is 14.6 Å².